The quantitative estimate of drug-likeness (QED) is 0.283. The number of hydrogen-bond acceptors (Lipinski definition) is 0. The van der Waals surface area contributed by atoms with Crippen LogP contribution in [0.25, 0.3) is 0 Å². The Balaban J connectivity index is -0.000000121. The number of unbranched alkanes of at least 4 members (excludes halogenated alkanes) is 1. The van der Waals surface area contributed by atoms with E-state index in [2.05, 4.69) is 25.6 Å². The molecule has 0 aromatic carbocycles. The predicted octanol–water partition coefficient (Wildman–Crippen LogP) is -0.583. The van der Waals surface area contributed by atoms with Gasteiger partial charge in [-0.25, -0.2) is 12.2 Å². The maximum Gasteiger partial charge on any atom is 3.00 e. The van der Waals surface area contributed by atoms with Gasteiger partial charge < -0.3 is 24.8 Å². The molecule has 2 radical (unpaired) electrons. The van der Waals surface area contributed by atoms with Gasteiger partial charge >= 0.3 is 32.2 Å². The molecular weight excluding hydrogens is 457 g/mol. The average molecular weight is 476 g/mol. The van der Waals surface area contributed by atoms with E-state index >= 15 is 0 Å². The fraction of sp³-hybridized carbons (Fsp3) is 0.636. The second kappa shape index (κ2) is 18.3. The van der Waals surface area contributed by atoms with Gasteiger partial charge in [-0.15, -0.1) is 39.7 Å². The van der Waals surface area contributed by atoms with Crippen LogP contribution in [-0.2, 0) is 26.2 Å². The molecule has 0 saturated heterocycles. The van der Waals surface area contributed by atoms with Crippen LogP contribution in [0.3, 0.4) is 0 Å². The monoisotopic (exact) mass is 472 g/mol. The molecule has 0 fully saturated rings. The SMILES string of the molecule is CCCC[Si](C)C[Si](Cl)(Cl)Cl.[C-]1=CC=CC1.[Cl-].[Cl-].[Zr+3]. The number of allylic oxidation sites excluding steroid dienone is 4. The van der Waals surface area contributed by atoms with Gasteiger partial charge in [0.25, 0.3) is 0 Å². The largest absolute Gasteiger partial charge is 3.00 e. The van der Waals surface area contributed by atoms with E-state index in [1.807, 2.05) is 12.2 Å². The van der Waals surface area contributed by atoms with Gasteiger partial charge in [0.1, 0.15) is 0 Å². The molecule has 0 aliphatic heterocycles. The third-order valence-electron chi connectivity index (χ3n) is 2.05. The van der Waals surface area contributed by atoms with Crippen LogP contribution in [0.15, 0.2) is 18.2 Å². The van der Waals surface area contributed by atoms with Crippen LogP contribution >= 0.6 is 33.2 Å². The summed E-state index contributed by atoms with van der Waals surface area (Å²) >= 11 is 17.4. The number of hydrogen-bond donors (Lipinski definition) is 0. The van der Waals surface area contributed by atoms with E-state index in [1.165, 1.54) is 18.9 Å². The Hall–Kier alpha value is 2.25. The Labute approximate surface area is 166 Å². The van der Waals surface area contributed by atoms with E-state index in [4.69, 9.17) is 33.2 Å². The summed E-state index contributed by atoms with van der Waals surface area (Å²) in [6.45, 7) is 4.46. The zero-order chi connectivity index (χ0) is 12.4. The minimum Gasteiger partial charge on any atom is -1.00 e. The van der Waals surface area contributed by atoms with Crippen LogP contribution in [0.2, 0.25) is 18.3 Å². The molecule has 0 amide bonds. The number of halogens is 5. The van der Waals surface area contributed by atoms with Gasteiger partial charge in [0, 0.05) is 8.80 Å². The molecule has 1 aliphatic carbocycles. The van der Waals surface area contributed by atoms with Crippen molar-refractivity contribution >= 4 is 48.0 Å². The predicted molar refractivity (Wildman–Crippen MR) is 81.0 cm³/mol. The second-order valence-corrected chi connectivity index (χ2v) is 16.5. The van der Waals surface area contributed by atoms with Crippen molar-refractivity contribution < 1.29 is 51.0 Å². The van der Waals surface area contributed by atoms with Gasteiger partial charge in [0.2, 0.25) is 0 Å². The van der Waals surface area contributed by atoms with Gasteiger partial charge in [-0.05, 0) is 5.67 Å². The van der Waals surface area contributed by atoms with Crippen molar-refractivity contribution in [1.82, 2.24) is 0 Å². The minimum atomic E-state index is -2.31. The summed E-state index contributed by atoms with van der Waals surface area (Å²) in [4.78, 5) is 0. The van der Waals surface area contributed by atoms with E-state index in [1.54, 1.807) is 0 Å². The fourth-order valence-corrected chi connectivity index (χ4v) is 11.8. The van der Waals surface area contributed by atoms with Crippen LogP contribution in [-0.4, -0.2) is 14.8 Å². The van der Waals surface area contributed by atoms with Crippen molar-refractivity contribution in [2.24, 2.45) is 0 Å². The molecule has 0 unspecified atom stereocenters. The summed E-state index contributed by atoms with van der Waals surface area (Å²) in [6, 6.07) is -1.01. The topological polar surface area (TPSA) is 0 Å². The van der Waals surface area contributed by atoms with Crippen LogP contribution in [0, 0.1) is 6.08 Å². The van der Waals surface area contributed by atoms with Gasteiger partial charge in [-0.1, -0.05) is 32.4 Å². The molecule has 0 heterocycles. The van der Waals surface area contributed by atoms with Crippen LogP contribution in [0.1, 0.15) is 26.2 Å². The van der Waals surface area contributed by atoms with Crippen molar-refractivity contribution in [3.05, 3.63) is 24.3 Å². The zero-order valence-electron chi connectivity index (χ0n) is 11.2. The standard InChI is InChI=1S/C6H14Cl3Si2.C5H5.2ClH.Zr/c1-3-4-5-10(2)6-11(7,8)9;1-2-4-5-3-1;;;/h3-6H2,1-2H3;1-3H,4H2;2*1H;/q;-1;;;+3/p-2. The van der Waals surface area contributed by atoms with Crippen molar-refractivity contribution in [3.63, 3.8) is 0 Å². The molecule has 0 N–H and O–H groups in total. The Morgan fingerprint density at radius 1 is 1.26 bits per heavy atom. The van der Waals surface area contributed by atoms with E-state index < -0.39 is 6.00 Å². The summed E-state index contributed by atoms with van der Waals surface area (Å²) in [5.74, 6) is 0. The van der Waals surface area contributed by atoms with Crippen LogP contribution in [0.4, 0.5) is 0 Å². The van der Waals surface area contributed by atoms with Gasteiger partial charge in [-0.3, -0.25) is 6.08 Å². The van der Waals surface area contributed by atoms with Gasteiger partial charge in [0.15, 0.2) is 0 Å². The molecule has 0 atom stereocenters. The third kappa shape index (κ3) is 25.5. The summed E-state index contributed by atoms with van der Waals surface area (Å²) in [6.07, 6.45) is 12.5. The first-order chi connectivity index (χ1) is 7.45. The molecule has 110 valence electrons. The molecule has 1 aliphatic rings. The van der Waals surface area contributed by atoms with E-state index in [0.29, 0.717) is 0 Å². The summed E-state index contributed by atoms with van der Waals surface area (Å²) in [5, 5.41) is 0. The second-order valence-electron chi connectivity index (χ2n) is 3.86. The molecule has 0 spiro atoms. The Morgan fingerprint density at radius 2 is 1.84 bits per heavy atom. The van der Waals surface area contributed by atoms with Crippen LogP contribution < -0.4 is 24.8 Å². The number of rotatable bonds is 5. The molecule has 8 heteroatoms. The molecule has 19 heavy (non-hydrogen) atoms. The first-order valence-corrected chi connectivity index (χ1v) is 13.2. The Kier molecular flexibility index (Phi) is 28.2. The summed E-state index contributed by atoms with van der Waals surface area (Å²) in [7, 11) is -0.344. The van der Waals surface area contributed by atoms with E-state index in [-0.39, 0.29) is 59.8 Å². The van der Waals surface area contributed by atoms with Gasteiger partial charge in [0.05, 0.1) is 0 Å². The molecule has 0 aromatic heterocycles. The van der Waals surface area contributed by atoms with E-state index in [9.17, 15) is 0 Å². The van der Waals surface area contributed by atoms with E-state index in [0.717, 1.165) is 12.1 Å². The van der Waals surface area contributed by atoms with Gasteiger partial charge in [-0.2, -0.15) is 6.08 Å². The third-order valence-corrected chi connectivity index (χ3v) is 10.9. The minimum absolute atomic E-state index is 0. The van der Waals surface area contributed by atoms with Crippen molar-refractivity contribution in [2.75, 3.05) is 0 Å². The molecule has 1 rings (SSSR count). The summed E-state index contributed by atoms with van der Waals surface area (Å²) < 4.78 is 0. The molecular formula is C11H19Cl5Si2Zr. The van der Waals surface area contributed by atoms with Crippen molar-refractivity contribution in [2.45, 2.75) is 44.4 Å². The Bertz CT molecular complexity index is 222. The maximum absolute atomic E-state index is 5.80. The smallest absolute Gasteiger partial charge is 1.00 e. The zero-order valence-corrected chi connectivity index (χ0v) is 19.4. The molecule has 0 bridgehead atoms. The fourth-order valence-electron chi connectivity index (χ4n) is 1.25. The normalized spacial score (nSPS) is 11.9. The van der Waals surface area contributed by atoms with Crippen molar-refractivity contribution in [3.8, 4) is 0 Å². The first kappa shape index (κ1) is 29.3. The molecule has 0 saturated carbocycles. The van der Waals surface area contributed by atoms with Crippen LogP contribution in [0.5, 0.6) is 0 Å². The Morgan fingerprint density at radius 3 is 2.11 bits per heavy atom. The summed E-state index contributed by atoms with van der Waals surface area (Å²) in [5.41, 5.74) is 0.905. The average Bonchev–Trinajstić information content (AvgIpc) is 2.69. The van der Waals surface area contributed by atoms with Crippen molar-refractivity contribution in [1.29, 1.82) is 0 Å². The maximum atomic E-state index is 5.80. The molecule has 0 aromatic rings. The first-order valence-electron chi connectivity index (χ1n) is 5.55. The molecule has 0 nitrogen and oxygen atoms in total.